The predicted molar refractivity (Wildman–Crippen MR) is 102 cm³/mol. The molecule has 0 atom stereocenters. The van der Waals surface area contributed by atoms with Gasteiger partial charge >= 0.3 is 0 Å². The molecular formula is C18H18N4S2. The van der Waals surface area contributed by atoms with Crippen LogP contribution in [0.15, 0.2) is 60.0 Å². The highest BCUT2D eigenvalue weighted by Gasteiger charge is 2.05. The van der Waals surface area contributed by atoms with Crippen molar-refractivity contribution in [3.8, 4) is 0 Å². The summed E-state index contributed by atoms with van der Waals surface area (Å²) in [6.45, 7) is 4.58. The Hall–Kier alpha value is -2.18. The fraction of sp³-hybridized carbons (Fsp3) is 0.167. The van der Waals surface area contributed by atoms with Crippen molar-refractivity contribution in [1.29, 1.82) is 0 Å². The van der Waals surface area contributed by atoms with E-state index in [9.17, 15) is 0 Å². The fourth-order valence-electron chi connectivity index (χ4n) is 2.07. The Labute approximate surface area is 151 Å². The summed E-state index contributed by atoms with van der Waals surface area (Å²) in [5.41, 5.74) is 4.03. The number of nitrogens with zero attached hydrogens (tertiary/aromatic N) is 3. The number of thiocarbonyl (C=S) groups is 1. The molecule has 1 aromatic carbocycles. The molecule has 6 heteroatoms. The molecule has 1 N–H and O–H groups in total. The standard InChI is InChI=1S/C18H18N4S2/c1-13-3-5-17(6-4-13)24-22-8-7-15(12-22)18(23)21-11-16-10-19-14(2)9-20-16/h3-10,12H,11H2,1-2H3,(H,21,23). The molecule has 0 radical (unpaired) electrons. The number of hydrogen-bond donors (Lipinski definition) is 1. The Bertz CT molecular complexity index is 823. The van der Waals surface area contributed by atoms with Crippen LogP contribution >= 0.6 is 24.2 Å². The van der Waals surface area contributed by atoms with Crippen molar-refractivity contribution in [3.63, 3.8) is 0 Å². The van der Waals surface area contributed by atoms with Crippen LogP contribution in [0.25, 0.3) is 0 Å². The number of rotatable bonds is 5. The van der Waals surface area contributed by atoms with E-state index in [2.05, 4.69) is 50.4 Å². The molecule has 0 aliphatic heterocycles. The maximum Gasteiger partial charge on any atom is 0.108 e. The van der Waals surface area contributed by atoms with E-state index in [4.69, 9.17) is 12.2 Å². The van der Waals surface area contributed by atoms with E-state index >= 15 is 0 Å². The van der Waals surface area contributed by atoms with Gasteiger partial charge in [0, 0.05) is 29.0 Å². The van der Waals surface area contributed by atoms with Gasteiger partial charge in [0.05, 0.1) is 24.1 Å². The SMILES string of the molecule is Cc1ccc(Sn2ccc(C(=S)NCc3cnc(C)cn3)c2)cc1. The van der Waals surface area contributed by atoms with E-state index in [1.807, 2.05) is 25.4 Å². The number of hydrogen-bond acceptors (Lipinski definition) is 4. The molecule has 0 aliphatic rings. The first-order valence-electron chi connectivity index (χ1n) is 7.59. The van der Waals surface area contributed by atoms with E-state index in [1.54, 1.807) is 24.3 Å². The van der Waals surface area contributed by atoms with Crippen LogP contribution in [0.5, 0.6) is 0 Å². The monoisotopic (exact) mass is 354 g/mol. The van der Waals surface area contributed by atoms with Gasteiger partial charge in [0.15, 0.2) is 0 Å². The normalized spacial score (nSPS) is 10.6. The average molecular weight is 355 g/mol. The highest BCUT2D eigenvalue weighted by molar-refractivity contribution is 7.97. The highest BCUT2D eigenvalue weighted by Crippen LogP contribution is 2.21. The quantitative estimate of drug-likeness (QED) is 0.704. The molecule has 0 saturated heterocycles. The second-order valence-corrected chi connectivity index (χ2v) is 6.98. The van der Waals surface area contributed by atoms with E-state index in [1.165, 1.54) is 10.5 Å². The minimum absolute atomic E-state index is 0.572. The second-order valence-electron chi connectivity index (χ2n) is 5.50. The summed E-state index contributed by atoms with van der Waals surface area (Å²) < 4.78 is 2.06. The molecule has 0 bridgehead atoms. The minimum atomic E-state index is 0.572. The van der Waals surface area contributed by atoms with Crippen molar-refractivity contribution in [2.24, 2.45) is 0 Å². The van der Waals surface area contributed by atoms with Gasteiger partial charge in [-0.05, 0) is 44.0 Å². The van der Waals surface area contributed by atoms with E-state index < -0.39 is 0 Å². The van der Waals surface area contributed by atoms with Crippen LogP contribution < -0.4 is 5.32 Å². The zero-order chi connectivity index (χ0) is 16.9. The third-order valence-electron chi connectivity index (χ3n) is 3.43. The van der Waals surface area contributed by atoms with Crippen LogP contribution in [-0.4, -0.2) is 18.9 Å². The first-order chi connectivity index (χ1) is 11.6. The molecule has 0 unspecified atom stereocenters. The summed E-state index contributed by atoms with van der Waals surface area (Å²) in [4.78, 5) is 10.5. The first-order valence-corrected chi connectivity index (χ1v) is 8.77. The van der Waals surface area contributed by atoms with Crippen LogP contribution in [0, 0.1) is 13.8 Å². The van der Waals surface area contributed by atoms with Gasteiger partial charge in [-0.25, -0.2) is 0 Å². The molecule has 3 aromatic rings. The van der Waals surface area contributed by atoms with Crippen molar-refractivity contribution in [1.82, 2.24) is 19.3 Å². The molecule has 2 heterocycles. The maximum absolute atomic E-state index is 5.46. The van der Waals surface area contributed by atoms with Gasteiger partial charge in [0.2, 0.25) is 0 Å². The summed E-state index contributed by atoms with van der Waals surface area (Å²) in [5.74, 6) is 0. The Morgan fingerprint density at radius 2 is 1.92 bits per heavy atom. The predicted octanol–water partition coefficient (Wildman–Crippen LogP) is 3.92. The third-order valence-corrected chi connectivity index (χ3v) is 4.73. The van der Waals surface area contributed by atoms with Crippen LogP contribution in [0.4, 0.5) is 0 Å². The lowest BCUT2D eigenvalue weighted by Crippen LogP contribution is -2.22. The maximum atomic E-state index is 5.46. The van der Waals surface area contributed by atoms with Crippen LogP contribution in [0.1, 0.15) is 22.5 Å². The summed E-state index contributed by atoms with van der Waals surface area (Å²) >= 11 is 7.12. The third kappa shape index (κ3) is 4.43. The highest BCUT2D eigenvalue weighted by atomic mass is 32.2. The molecule has 24 heavy (non-hydrogen) atoms. The molecule has 122 valence electrons. The number of aryl methyl sites for hydroxylation is 2. The zero-order valence-electron chi connectivity index (χ0n) is 13.6. The molecule has 4 nitrogen and oxygen atoms in total. The average Bonchev–Trinajstić information content (AvgIpc) is 3.05. The topological polar surface area (TPSA) is 42.7 Å². The molecular weight excluding hydrogens is 336 g/mol. The fourth-order valence-corrected chi connectivity index (χ4v) is 3.05. The van der Waals surface area contributed by atoms with Crippen molar-refractivity contribution < 1.29 is 0 Å². The van der Waals surface area contributed by atoms with E-state index in [0.717, 1.165) is 17.0 Å². The molecule has 0 fully saturated rings. The Kier molecular flexibility index (Phi) is 5.27. The van der Waals surface area contributed by atoms with Crippen LogP contribution in [0.2, 0.25) is 0 Å². The summed E-state index contributed by atoms with van der Waals surface area (Å²) in [6, 6.07) is 10.5. The second kappa shape index (κ2) is 7.59. The van der Waals surface area contributed by atoms with Gasteiger partial charge in [-0.15, -0.1) is 0 Å². The largest absolute Gasteiger partial charge is 0.370 e. The van der Waals surface area contributed by atoms with Crippen LogP contribution in [0.3, 0.4) is 0 Å². The number of nitrogens with one attached hydrogen (secondary N) is 1. The van der Waals surface area contributed by atoms with E-state index in [-0.39, 0.29) is 0 Å². The zero-order valence-corrected chi connectivity index (χ0v) is 15.2. The number of aromatic nitrogens is 3. The molecule has 0 amide bonds. The number of benzene rings is 1. The van der Waals surface area contributed by atoms with Crippen molar-refractivity contribution in [2.45, 2.75) is 25.3 Å². The minimum Gasteiger partial charge on any atom is -0.370 e. The van der Waals surface area contributed by atoms with Gasteiger partial charge < -0.3 is 5.32 Å². The van der Waals surface area contributed by atoms with Crippen molar-refractivity contribution in [2.75, 3.05) is 0 Å². The van der Waals surface area contributed by atoms with Gasteiger partial charge in [0.25, 0.3) is 0 Å². The van der Waals surface area contributed by atoms with Gasteiger partial charge in [-0.1, -0.05) is 29.9 Å². The Morgan fingerprint density at radius 3 is 2.62 bits per heavy atom. The summed E-state index contributed by atoms with van der Waals surface area (Å²) in [7, 11) is 0. The lowest BCUT2D eigenvalue weighted by Gasteiger charge is -2.06. The van der Waals surface area contributed by atoms with Gasteiger partial charge in [-0.2, -0.15) is 0 Å². The lowest BCUT2D eigenvalue weighted by molar-refractivity contribution is 0.864. The Morgan fingerprint density at radius 1 is 1.12 bits per heavy atom. The van der Waals surface area contributed by atoms with Crippen molar-refractivity contribution in [3.05, 3.63) is 77.6 Å². The van der Waals surface area contributed by atoms with Crippen LogP contribution in [-0.2, 0) is 6.54 Å². The Balaban J connectivity index is 1.59. The smallest absolute Gasteiger partial charge is 0.108 e. The van der Waals surface area contributed by atoms with E-state index in [0.29, 0.717) is 11.5 Å². The first kappa shape index (κ1) is 16.7. The molecule has 0 aliphatic carbocycles. The van der Waals surface area contributed by atoms with Gasteiger partial charge in [-0.3, -0.25) is 13.9 Å². The lowest BCUT2D eigenvalue weighted by atomic mass is 10.2. The molecule has 2 aromatic heterocycles. The molecule has 3 rings (SSSR count). The molecule has 0 saturated carbocycles. The summed E-state index contributed by atoms with van der Waals surface area (Å²) in [5, 5.41) is 3.23. The summed E-state index contributed by atoms with van der Waals surface area (Å²) in [6.07, 6.45) is 7.57. The van der Waals surface area contributed by atoms with Crippen molar-refractivity contribution >= 4 is 29.2 Å². The molecule has 0 spiro atoms. The van der Waals surface area contributed by atoms with Gasteiger partial charge in [0.1, 0.15) is 4.99 Å².